The summed E-state index contributed by atoms with van der Waals surface area (Å²) in [5, 5.41) is 4.19. The molecule has 0 fully saturated rings. The van der Waals surface area contributed by atoms with Gasteiger partial charge < -0.3 is 5.32 Å². The number of fused-ring (bicyclic) bond motifs is 4. The first-order valence-electron chi connectivity index (χ1n) is 8.76. The van der Waals surface area contributed by atoms with E-state index in [0.29, 0.717) is 25.3 Å². The van der Waals surface area contributed by atoms with E-state index in [0.717, 1.165) is 37.6 Å². The standard InChI is InChI=1S/C18H15F3N6S/c19-18(20,21)8-27-2-1-12-14(7-27)28-17-15(12)16(24-9-25-17)26-11-3-10-4-22-6-13(10)23-5-11/h3-5,9H,1-2,6-8H2,(H,24,25,26). The van der Waals surface area contributed by atoms with Crippen LogP contribution < -0.4 is 5.32 Å². The Bertz CT molecular complexity index is 1090. The van der Waals surface area contributed by atoms with Crippen molar-refractivity contribution in [2.24, 2.45) is 4.99 Å². The fourth-order valence-corrected chi connectivity index (χ4v) is 4.88. The van der Waals surface area contributed by atoms with E-state index in [9.17, 15) is 13.2 Å². The van der Waals surface area contributed by atoms with Crippen LogP contribution in [0.3, 0.4) is 0 Å². The van der Waals surface area contributed by atoms with Crippen LogP contribution in [0.4, 0.5) is 24.7 Å². The minimum Gasteiger partial charge on any atom is -0.338 e. The second-order valence-electron chi connectivity index (χ2n) is 6.84. The first kappa shape index (κ1) is 17.5. The molecule has 0 bridgehead atoms. The maximum atomic E-state index is 12.7. The number of hydrogen-bond donors (Lipinski definition) is 1. The highest BCUT2D eigenvalue weighted by atomic mass is 32.1. The Hall–Kier alpha value is -2.59. The lowest BCUT2D eigenvalue weighted by Gasteiger charge is -2.27. The number of nitrogens with zero attached hydrogens (tertiary/aromatic N) is 5. The summed E-state index contributed by atoms with van der Waals surface area (Å²) in [5.74, 6) is 0.656. The number of hydrogen-bond acceptors (Lipinski definition) is 7. The number of thiophene rings is 1. The molecule has 5 rings (SSSR count). The summed E-state index contributed by atoms with van der Waals surface area (Å²) in [5.41, 5.74) is 3.75. The van der Waals surface area contributed by atoms with Crippen LogP contribution in [0.2, 0.25) is 0 Å². The Morgan fingerprint density at radius 1 is 1.21 bits per heavy atom. The van der Waals surface area contributed by atoms with E-state index < -0.39 is 12.7 Å². The van der Waals surface area contributed by atoms with Gasteiger partial charge in [-0.05, 0) is 18.1 Å². The highest BCUT2D eigenvalue weighted by molar-refractivity contribution is 7.19. The van der Waals surface area contributed by atoms with Gasteiger partial charge in [0.1, 0.15) is 17.0 Å². The molecule has 2 aliphatic rings. The average Bonchev–Trinajstić information content (AvgIpc) is 3.23. The third-order valence-corrected chi connectivity index (χ3v) is 5.98. The Morgan fingerprint density at radius 3 is 2.96 bits per heavy atom. The molecule has 144 valence electrons. The largest absolute Gasteiger partial charge is 0.401 e. The fraction of sp³-hybridized carbons (Fsp3) is 0.333. The van der Waals surface area contributed by atoms with Crippen LogP contribution in [0, 0.1) is 0 Å². The van der Waals surface area contributed by atoms with Crippen molar-refractivity contribution in [2.75, 3.05) is 18.4 Å². The minimum atomic E-state index is -4.19. The monoisotopic (exact) mass is 404 g/mol. The molecule has 0 aromatic carbocycles. The van der Waals surface area contributed by atoms with Gasteiger partial charge in [-0.3, -0.25) is 14.9 Å². The van der Waals surface area contributed by atoms with E-state index >= 15 is 0 Å². The molecule has 5 heterocycles. The smallest absolute Gasteiger partial charge is 0.338 e. The van der Waals surface area contributed by atoms with E-state index in [2.05, 4.69) is 25.3 Å². The maximum absolute atomic E-state index is 12.7. The summed E-state index contributed by atoms with van der Waals surface area (Å²) < 4.78 is 38.2. The number of halogens is 3. The van der Waals surface area contributed by atoms with Crippen molar-refractivity contribution in [3.8, 4) is 0 Å². The van der Waals surface area contributed by atoms with E-state index in [1.807, 2.05) is 6.07 Å². The van der Waals surface area contributed by atoms with Gasteiger partial charge in [0.05, 0.1) is 36.1 Å². The molecule has 0 amide bonds. The maximum Gasteiger partial charge on any atom is 0.401 e. The molecule has 10 heteroatoms. The lowest BCUT2D eigenvalue weighted by molar-refractivity contribution is -0.147. The lowest BCUT2D eigenvalue weighted by atomic mass is 10.0. The van der Waals surface area contributed by atoms with Gasteiger partial charge in [-0.25, -0.2) is 9.97 Å². The molecular formula is C18H15F3N6S. The number of alkyl halides is 3. The predicted octanol–water partition coefficient (Wildman–Crippen LogP) is 3.68. The van der Waals surface area contributed by atoms with Crippen LogP contribution in [0.15, 0.2) is 23.6 Å². The van der Waals surface area contributed by atoms with E-state index in [1.165, 1.54) is 22.6 Å². The number of anilines is 2. The van der Waals surface area contributed by atoms with Gasteiger partial charge in [0, 0.05) is 29.7 Å². The SMILES string of the molecule is FC(F)(F)CN1CCc2c(sc3ncnc(Nc4cnc5c(c4)C=NC5)c23)C1. The Labute approximate surface area is 162 Å². The second kappa shape index (κ2) is 6.49. The van der Waals surface area contributed by atoms with Gasteiger partial charge in [0.25, 0.3) is 0 Å². The molecule has 0 saturated heterocycles. The predicted molar refractivity (Wildman–Crippen MR) is 101 cm³/mol. The highest BCUT2D eigenvalue weighted by Gasteiger charge is 2.33. The molecule has 0 saturated carbocycles. The molecule has 0 radical (unpaired) electrons. The van der Waals surface area contributed by atoms with Gasteiger partial charge >= 0.3 is 6.18 Å². The molecule has 1 N–H and O–H groups in total. The van der Waals surface area contributed by atoms with Crippen molar-refractivity contribution in [3.63, 3.8) is 0 Å². The highest BCUT2D eigenvalue weighted by Crippen LogP contribution is 2.38. The van der Waals surface area contributed by atoms with Gasteiger partial charge in [-0.15, -0.1) is 11.3 Å². The molecule has 2 aliphatic heterocycles. The first-order valence-corrected chi connectivity index (χ1v) is 9.58. The van der Waals surface area contributed by atoms with Gasteiger partial charge in [0.2, 0.25) is 0 Å². The van der Waals surface area contributed by atoms with E-state index in [1.54, 1.807) is 12.4 Å². The minimum absolute atomic E-state index is 0.284. The van der Waals surface area contributed by atoms with E-state index in [-0.39, 0.29) is 6.54 Å². The zero-order valence-corrected chi connectivity index (χ0v) is 15.4. The Kier molecular flexibility index (Phi) is 4.06. The third kappa shape index (κ3) is 3.22. The molecule has 0 atom stereocenters. The molecule has 6 nitrogen and oxygen atoms in total. The van der Waals surface area contributed by atoms with Crippen LogP contribution in [0.5, 0.6) is 0 Å². The van der Waals surface area contributed by atoms with Crippen LogP contribution in [-0.4, -0.2) is 45.3 Å². The molecule has 0 unspecified atom stereocenters. The molecule has 3 aromatic heterocycles. The number of rotatable bonds is 3. The summed E-state index contributed by atoms with van der Waals surface area (Å²) >= 11 is 1.44. The van der Waals surface area contributed by atoms with Crippen molar-refractivity contribution in [1.82, 2.24) is 19.9 Å². The van der Waals surface area contributed by atoms with Crippen molar-refractivity contribution < 1.29 is 13.2 Å². The molecule has 3 aromatic rings. The normalized spacial score (nSPS) is 16.4. The summed E-state index contributed by atoms with van der Waals surface area (Å²) in [6.07, 6.45) is 1.37. The molecular weight excluding hydrogens is 389 g/mol. The molecule has 0 aliphatic carbocycles. The number of nitrogens with one attached hydrogen (secondary N) is 1. The zero-order chi connectivity index (χ0) is 19.3. The summed E-state index contributed by atoms with van der Waals surface area (Å²) in [6, 6.07) is 1.97. The van der Waals surface area contributed by atoms with Crippen molar-refractivity contribution in [3.05, 3.63) is 40.3 Å². The van der Waals surface area contributed by atoms with Gasteiger partial charge in [-0.1, -0.05) is 0 Å². The molecule has 0 spiro atoms. The van der Waals surface area contributed by atoms with Crippen molar-refractivity contribution in [2.45, 2.75) is 25.7 Å². The average molecular weight is 404 g/mol. The third-order valence-electron chi connectivity index (χ3n) is 4.86. The second-order valence-corrected chi connectivity index (χ2v) is 7.92. The fourth-order valence-electron chi connectivity index (χ4n) is 3.65. The molecule has 28 heavy (non-hydrogen) atoms. The number of aliphatic imine (C=N–C) groups is 1. The lowest BCUT2D eigenvalue weighted by Crippen LogP contribution is -2.37. The van der Waals surface area contributed by atoms with Crippen LogP contribution in [0.25, 0.3) is 10.2 Å². The Morgan fingerprint density at radius 2 is 2.11 bits per heavy atom. The quantitative estimate of drug-likeness (QED) is 0.721. The van der Waals surface area contributed by atoms with Crippen molar-refractivity contribution >= 4 is 39.3 Å². The zero-order valence-electron chi connectivity index (χ0n) is 14.6. The van der Waals surface area contributed by atoms with Crippen LogP contribution in [-0.2, 0) is 19.5 Å². The van der Waals surface area contributed by atoms with Crippen LogP contribution >= 0.6 is 11.3 Å². The number of aromatic nitrogens is 3. The number of pyridine rings is 1. The van der Waals surface area contributed by atoms with Crippen molar-refractivity contribution in [1.29, 1.82) is 0 Å². The van der Waals surface area contributed by atoms with E-state index in [4.69, 9.17) is 0 Å². The summed E-state index contributed by atoms with van der Waals surface area (Å²) in [4.78, 5) is 20.5. The van der Waals surface area contributed by atoms with Gasteiger partial charge in [0.15, 0.2) is 0 Å². The first-order chi connectivity index (χ1) is 13.5. The Balaban J connectivity index is 1.47. The topological polar surface area (TPSA) is 66.3 Å². The van der Waals surface area contributed by atoms with Crippen LogP contribution in [0.1, 0.15) is 21.7 Å². The summed E-state index contributed by atoms with van der Waals surface area (Å²) in [7, 11) is 0. The van der Waals surface area contributed by atoms with Gasteiger partial charge in [-0.2, -0.15) is 13.2 Å². The summed E-state index contributed by atoms with van der Waals surface area (Å²) in [6.45, 7) is 0.357.